The van der Waals surface area contributed by atoms with Gasteiger partial charge in [0.2, 0.25) is 0 Å². The van der Waals surface area contributed by atoms with E-state index >= 15 is 0 Å². The molecule has 0 radical (unpaired) electrons. The van der Waals surface area contributed by atoms with Gasteiger partial charge in [-0.25, -0.2) is 4.39 Å². The number of benzene rings is 2. The summed E-state index contributed by atoms with van der Waals surface area (Å²) < 4.78 is 19.6. The van der Waals surface area contributed by atoms with Gasteiger partial charge in [-0.2, -0.15) is 0 Å². The average molecular weight is 324 g/mol. The van der Waals surface area contributed by atoms with Crippen LogP contribution >= 0.6 is 0 Å². The number of nitrogens with zero attached hydrogens (tertiary/aromatic N) is 1. The lowest BCUT2D eigenvalue weighted by atomic mass is 10.0. The summed E-state index contributed by atoms with van der Waals surface area (Å²) in [6, 6.07) is 13.6. The summed E-state index contributed by atoms with van der Waals surface area (Å²) in [5.41, 5.74) is 1.77. The Kier molecular flexibility index (Phi) is 3.78. The van der Waals surface area contributed by atoms with Gasteiger partial charge in [-0.15, -0.1) is 0 Å². The second kappa shape index (κ2) is 6.09. The predicted octanol–water partition coefficient (Wildman–Crippen LogP) is 3.17. The maximum absolute atomic E-state index is 14.2. The van der Waals surface area contributed by atoms with E-state index in [2.05, 4.69) is 9.88 Å². The summed E-state index contributed by atoms with van der Waals surface area (Å²) in [4.78, 5) is 18.0. The molecule has 2 heterocycles. The molecule has 0 unspecified atom stereocenters. The van der Waals surface area contributed by atoms with Crippen LogP contribution < -0.4 is 10.3 Å². The molecule has 1 fully saturated rings. The number of aromatic nitrogens is 1. The van der Waals surface area contributed by atoms with Crippen molar-refractivity contribution in [1.82, 2.24) is 4.98 Å². The van der Waals surface area contributed by atoms with Crippen LogP contribution in [0.15, 0.2) is 53.3 Å². The van der Waals surface area contributed by atoms with E-state index in [1.54, 1.807) is 36.4 Å². The van der Waals surface area contributed by atoms with Crippen molar-refractivity contribution in [3.63, 3.8) is 0 Å². The van der Waals surface area contributed by atoms with Crippen molar-refractivity contribution in [3.8, 4) is 11.1 Å². The molecule has 0 aliphatic carbocycles. The molecule has 122 valence electrons. The Hall–Kier alpha value is -2.66. The van der Waals surface area contributed by atoms with Crippen molar-refractivity contribution in [3.05, 3.63) is 64.6 Å². The highest BCUT2D eigenvalue weighted by Gasteiger charge is 2.16. The zero-order valence-electron chi connectivity index (χ0n) is 13.1. The summed E-state index contributed by atoms with van der Waals surface area (Å²) in [6.07, 6.45) is 0. The zero-order valence-corrected chi connectivity index (χ0v) is 13.1. The number of fused-ring (bicyclic) bond motifs is 1. The molecule has 0 saturated carbocycles. The molecule has 3 aromatic rings. The van der Waals surface area contributed by atoms with Crippen LogP contribution in [0.4, 0.5) is 10.2 Å². The van der Waals surface area contributed by atoms with Gasteiger partial charge in [0.25, 0.3) is 0 Å². The first-order valence-corrected chi connectivity index (χ1v) is 7.98. The Balaban J connectivity index is 1.93. The fourth-order valence-electron chi connectivity index (χ4n) is 3.14. The van der Waals surface area contributed by atoms with Crippen molar-refractivity contribution < 1.29 is 9.13 Å². The van der Waals surface area contributed by atoms with E-state index in [9.17, 15) is 9.18 Å². The first kappa shape index (κ1) is 14.9. The molecule has 1 aliphatic rings. The van der Waals surface area contributed by atoms with Gasteiger partial charge in [0.05, 0.1) is 18.7 Å². The van der Waals surface area contributed by atoms with Gasteiger partial charge in [0.15, 0.2) is 5.43 Å². The number of aromatic amines is 1. The van der Waals surface area contributed by atoms with Crippen molar-refractivity contribution in [2.24, 2.45) is 0 Å². The van der Waals surface area contributed by atoms with E-state index in [1.807, 2.05) is 6.07 Å². The van der Waals surface area contributed by atoms with Crippen LogP contribution in [0.25, 0.3) is 22.0 Å². The van der Waals surface area contributed by atoms with Crippen molar-refractivity contribution in [2.45, 2.75) is 0 Å². The van der Waals surface area contributed by atoms with Gasteiger partial charge in [-0.05, 0) is 12.1 Å². The SMILES string of the molecule is O=c1cc(N2CCOCC2)[nH]c2c(-c3ccccc3F)cccc12. The molecule has 0 bridgehead atoms. The largest absolute Gasteiger partial charge is 0.378 e. The third-order valence-corrected chi connectivity index (χ3v) is 4.37. The monoisotopic (exact) mass is 324 g/mol. The van der Waals surface area contributed by atoms with Crippen LogP contribution in [-0.2, 0) is 4.74 Å². The molecule has 4 rings (SSSR count). The van der Waals surface area contributed by atoms with E-state index in [-0.39, 0.29) is 11.2 Å². The number of hydrogen-bond acceptors (Lipinski definition) is 3. The van der Waals surface area contributed by atoms with E-state index < -0.39 is 0 Å². The second-order valence-electron chi connectivity index (χ2n) is 5.83. The normalized spacial score (nSPS) is 15.0. The maximum atomic E-state index is 14.2. The smallest absolute Gasteiger partial charge is 0.191 e. The summed E-state index contributed by atoms with van der Waals surface area (Å²) in [5.74, 6) is 0.446. The highest BCUT2D eigenvalue weighted by Crippen LogP contribution is 2.29. The van der Waals surface area contributed by atoms with Crippen LogP contribution in [0.3, 0.4) is 0 Å². The summed E-state index contributed by atoms with van der Waals surface area (Å²) >= 11 is 0. The third kappa shape index (κ3) is 2.57. The predicted molar refractivity (Wildman–Crippen MR) is 93.0 cm³/mol. The molecule has 4 nitrogen and oxygen atoms in total. The number of para-hydroxylation sites is 1. The summed E-state index contributed by atoms with van der Waals surface area (Å²) in [5, 5.41) is 0.563. The lowest BCUT2D eigenvalue weighted by molar-refractivity contribution is 0.122. The molecular weight excluding hydrogens is 307 g/mol. The Labute approximate surface area is 138 Å². The number of anilines is 1. The van der Waals surface area contributed by atoms with Crippen LogP contribution in [-0.4, -0.2) is 31.3 Å². The number of pyridine rings is 1. The molecule has 0 atom stereocenters. The molecule has 0 amide bonds. The third-order valence-electron chi connectivity index (χ3n) is 4.37. The fraction of sp³-hybridized carbons (Fsp3) is 0.211. The van der Waals surface area contributed by atoms with Crippen LogP contribution in [0, 0.1) is 5.82 Å². The number of rotatable bonds is 2. The Morgan fingerprint density at radius 2 is 1.75 bits per heavy atom. The van der Waals surface area contributed by atoms with Gasteiger partial charge >= 0.3 is 0 Å². The summed E-state index contributed by atoms with van der Waals surface area (Å²) in [6.45, 7) is 2.72. The highest BCUT2D eigenvalue weighted by atomic mass is 19.1. The molecule has 1 N–H and O–H groups in total. The number of hydrogen-bond donors (Lipinski definition) is 1. The molecule has 5 heteroatoms. The number of halogens is 1. The number of H-pyrrole nitrogens is 1. The molecule has 1 aromatic heterocycles. The minimum atomic E-state index is -0.303. The van der Waals surface area contributed by atoms with Gasteiger partial charge < -0.3 is 14.6 Å². The number of morpholine rings is 1. The van der Waals surface area contributed by atoms with E-state index in [0.29, 0.717) is 35.2 Å². The zero-order chi connectivity index (χ0) is 16.5. The molecular formula is C19H17FN2O2. The maximum Gasteiger partial charge on any atom is 0.191 e. The van der Waals surface area contributed by atoms with Crippen molar-refractivity contribution in [1.29, 1.82) is 0 Å². The first-order valence-electron chi connectivity index (χ1n) is 7.98. The van der Waals surface area contributed by atoms with Gasteiger partial charge in [0, 0.05) is 35.7 Å². The second-order valence-corrected chi connectivity index (χ2v) is 5.83. The first-order chi connectivity index (χ1) is 11.7. The van der Waals surface area contributed by atoms with Crippen molar-refractivity contribution in [2.75, 3.05) is 31.2 Å². The van der Waals surface area contributed by atoms with E-state index in [4.69, 9.17) is 4.74 Å². The Bertz CT molecular complexity index is 945. The molecule has 24 heavy (non-hydrogen) atoms. The minimum absolute atomic E-state index is 0.0663. The molecule has 1 aliphatic heterocycles. The molecule has 2 aromatic carbocycles. The molecule has 1 saturated heterocycles. The molecule has 0 spiro atoms. The van der Waals surface area contributed by atoms with Crippen LogP contribution in [0.1, 0.15) is 0 Å². The Morgan fingerprint density at radius 3 is 2.54 bits per heavy atom. The standard InChI is InChI=1S/C19H17FN2O2/c20-16-7-2-1-4-13(16)14-5-3-6-15-17(23)12-18(21-19(14)15)22-8-10-24-11-9-22/h1-7,12H,8-11H2,(H,21,23). The number of ether oxygens (including phenoxy) is 1. The fourth-order valence-corrected chi connectivity index (χ4v) is 3.14. The van der Waals surface area contributed by atoms with Gasteiger partial charge in [-0.3, -0.25) is 4.79 Å². The summed E-state index contributed by atoms with van der Waals surface area (Å²) in [7, 11) is 0. The van der Waals surface area contributed by atoms with Crippen LogP contribution in [0.2, 0.25) is 0 Å². The van der Waals surface area contributed by atoms with E-state index in [1.165, 1.54) is 6.07 Å². The van der Waals surface area contributed by atoms with Crippen molar-refractivity contribution >= 4 is 16.7 Å². The van der Waals surface area contributed by atoms with Gasteiger partial charge in [-0.1, -0.05) is 30.3 Å². The number of nitrogens with one attached hydrogen (secondary N) is 1. The highest BCUT2D eigenvalue weighted by molar-refractivity contribution is 5.94. The average Bonchev–Trinajstić information content (AvgIpc) is 2.63. The quantitative estimate of drug-likeness (QED) is 0.787. The topological polar surface area (TPSA) is 45.3 Å². The minimum Gasteiger partial charge on any atom is -0.378 e. The lowest BCUT2D eigenvalue weighted by Crippen LogP contribution is -2.37. The van der Waals surface area contributed by atoms with Crippen LogP contribution in [0.5, 0.6) is 0 Å². The van der Waals surface area contributed by atoms with Gasteiger partial charge in [0.1, 0.15) is 11.6 Å². The lowest BCUT2D eigenvalue weighted by Gasteiger charge is -2.28. The van der Waals surface area contributed by atoms with E-state index in [0.717, 1.165) is 18.9 Å². The Morgan fingerprint density at radius 1 is 1.00 bits per heavy atom.